The molecule has 102 valence electrons. The molecule has 0 aliphatic carbocycles. The Balaban J connectivity index is 2.18. The van der Waals surface area contributed by atoms with Gasteiger partial charge in [-0.3, -0.25) is 4.79 Å². The summed E-state index contributed by atoms with van der Waals surface area (Å²) in [6.45, 7) is 4.66. The van der Waals surface area contributed by atoms with Crippen molar-refractivity contribution in [3.05, 3.63) is 14.5 Å². The highest BCUT2D eigenvalue weighted by molar-refractivity contribution is 7.73. The van der Waals surface area contributed by atoms with E-state index in [1.807, 2.05) is 6.92 Å². The summed E-state index contributed by atoms with van der Waals surface area (Å²) >= 11 is 6.48. The molecule has 0 radical (unpaired) electrons. The van der Waals surface area contributed by atoms with Crippen molar-refractivity contribution in [2.24, 2.45) is 0 Å². The number of esters is 1. The largest absolute Gasteiger partial charge is 0.465 e. The normalized spacial score (nSPS) is 10.6. The quantitative estimate of drug-likeness (QED) is 0.443. The summed E-state index contributed by atoms with van der Waals surface area (Å²) in [5.41, 5.74) is 0.977. The molecule has 0 atom stereocenters. The maximum Gasteiger partial charge on any atom is 0.311 e. The van der Waals surface area contributed by atoms with Crippen molar-refractivity contribution in [3.63, 3.8) is 0 Å². The number of ether oxygens (including phenoxy) is 1. The van der Waals surface area contributed by atoms with Gasteiger partial charge in [-0.05, 0) is 25.6 Å². The number of thiazole rings is 1. The number of carbonyl (C=O) groups is 1. The van der Waals surface area contributed by atoms with Gasteiger partial charge >= 0.3 is 5.97 Å². The summed E-state index contributed by atoms with van der Waals surface area (Å²) in [7, 11) is 0. The molecule has 1 N–H and O–H groups in total. The minimum Gasteiger partial charge on any atom is -0.465 e. The number of hydrogen-bond donors (Lipinski definition) is 1. The van der Waals surface area contributed by atoms with Gasteiger partial charge in [0.15, 0.2) is 3.95 Å². The Bertz CT molecular complexity index is 423. The van der Waals surface area contributed by atoms with Crippen LogP contribution in [0.2, 0.25) is 0 Å². The van der Waals surface area contributed by atoms with Crippen LogP contribution in [0.3, 0.4) is 0 Å². The van der Waals surface area contributed by atoms with Crippen LogP contribution >= 0.6 is 23.6 Å². The van der Waals surface area contributed by atoms with Crippen LogP contribution in [0.4, 0.5) is 0 Å². The average Bonchev–Trinajstić information content (AvgIpc) is 2.62. The third kappa shape index (κ3) is 5.78. The van der Waals surface area contributed by atoms with Gasteiger partial charge in [-0.2, -0.15) is 0 Å². The lowest BCUT2D eigenvalue weighted by molar-refractivity contribution is -0.142. The van der Waals surface area contributed by atoms with E-state index in [1.165, 1.54) is 30.6 Å². The Hall–Kier alpha value is -0.680. The summed E-state index contributed by atoms with van der Waals surface area (Å²) < 4.78 is 5.93. The summed E-state index contributed by atoms with van der Waals surface area (Å²) in [6.07, 6.45) is 6.17. The number of aryl methyl sites for hydroxylation is 1. The average molecular weight is 287 g/mol. The number of aromatic amines is 1. The lowest BCUT2D eigenvalue weighted by Gasteiger charge is -2.04. The molecular weight excluding hydrogens is 266 g/mol. The van der Waals surface area contributed by atoms with Crippen LogP contribution in [0.15, 0.2) is 0 Å². The second-order valence-electron chi connectivity index (χ2n) is 4.37. The first-order valence-corrected chi connectivity index (χ1v) is 7.70. The SMILES string of the molecule is CCCCCCCOC(=O)Cc1sc(=S)[nH]c1C. The Labute approximate surface area is 118 Å². The first kappa shape index (κ1) is 15.4. The molecule has 0 fully saturated rings. The number of rotatable bonds is 8. The van der Waals surface area contributed by atoms with Crippen molar-refractivity contribution in [2.45, 2.75) is 52.4 Å². The number of nitrogens with one attached hydrogen (secondary N) is 1. The zero-order valence-electron chi connectivity index (χ0n) is 11.1. The molecule has 1 rings (SSSR count). The van der Waals surface area contributed by atoms with E-state index in [1.54, 1.807) is 0 Å². The Morgan fingerprint density at radius 1 is 1.33 bits per heavy atom. The third-order valence-electron chi connectivity index (χ3n) is 2.74. The maximum absolute atomic E-state index is 11.6. The van der Waals surface area contributed by atoms with Crippen molar-refractivity contribution >= 4 is 29.5 Å². The van der Waals surface area contributed by atoms with E-state index in [2.05, 4.69) is 11.9 Å². The fourth-order valence-corrected chi connectivity index (χ4v) is 2.96. The van der Waals surface area contributed by atoms with Gasteiger partial charge in [-0.25, -0.2) is 0 Å². The Morgan fingerprint density at radius 3 is 2.67 bits per heavy atom. The van der Waals surface area contributed by atoms with E-state index in [9.17, 15) is 4.79 Å². The van der Waals surface area contributed by atoms with Crippen LogP contribution < -0.4 is 0 Å². The molecule has 1 aromatic rings. The molecule has 5 heteroatoms. The molecule has 0 aliphatic rings. The smallest absolute Gasteiger partial charge is 0.311 e. The molecule has 0 aromatic carbocycles. The molecule has 1 heterocycles. The molecule has 0 saturated carbocycles. The monoisotopic (exact) mass is 287 g/mol. The molecule has 1 aromatic heterocycles. The first-order chi connectivity index (χ1) is 8.63. The predicted molar refractivity (Wildman–Crippen MR) is 77.7 cm³/mol. The van der Waals surface area contributed by atoms with Gasteiger partial charge < -0.3 is 9.72 Å². The fourth-order valence-electron chi connectivity index (χ4n) is 1.68. The highest BCUT2D eigenvalue weighted by Gasteiger charge is 2.09. The molecule has 0 unspecified atom stereocenters. The third-order valence-corrected chi connectivity index (χ3v) is 4.08. The van der Waals surface area contributed by atoms with E-state index in [0.717, 1.165) is 27.4 Å². The van der Waals surface area contributed by atoms with Crippen LogP contribution in [-0.4, -0.2) is 17.6 Å². The van der Waals surface area contributed by atoms with Crippen molar-refractivity contribution < 1.29 is 9.53 Å². The van der Waals surface area contributed by atoms with Crippen molar-refractivity contribution in [3.8, 4) is 0 Å². The van der Waals surface area contributed by atoms with Crippen molar-refractivity contribution in [1.29, 1.82) is 0 Å². The van der Waals surface area contributed by atoms with Gasteiger partial charge in [0.25, 0.3) is 0 Å². The minimum absolute atomic E-state index is 0.154. The molecule has 3 nitrogen and oxygen atoms in total. The minimum atomic E-state index is -0.154. The lowest BCUT2D eigenvalue weighted by Crippen LogP contribution is -2.08. The number of unbranched alkanes of at least 4 members (excludes halogenated alkanes) is 4. The van der Waals surface area contributed by atoms with E-state index in [-0.39, 0.29) is 5.97 Å². The molecule has 0 saturated heterocycles. The molecule has 0 spiro atoms. The van der Waals surface area contributed by atoms with Crippen LogP contribution in [-0.2, 0) is 16.0 Å². The number of H-pyrrole nitrogens is 1. The van der Waals surface area contributed by atoms with Crippen LogP contribution in [0.1, 0.15) is 49.6 Å². The van der Waals surface area contributed by atoms with Gasteiger partial charge in [0.1, 0.15) is 0 Å². The van der Waals surface area contributed by atoms with Crippen LogP contribution in [0.25, 0.3) is 0 Å². The number of carbonyl (C=O) groups excluding carboxylic acids is 1. The van der Waals surface area contributed by atoms with Gasteiger partial charge in [0, 0.05) is 10.6 Å². The van der Waals surface area contributed by atoms with E-state index >= 15 is 0 Å². The van der Waals surface area contributed by atoms with Crippen LogP contribution in [0, 0.1) is 10.9 Å². The molecule has 18 heavy (non-hydrogen) atoms. The highest BCUT2D eigenvalue weighted by Crippen LogP contribution is 2.15. The molecule has 0 amide bonds. The highest BCUT2D eigenvalue weighted by atomic mass is 32.1. The van der Waals surface area contributed by atoms with Gasteiger partial charge in [0.05, 0.1) is 13.0 Å². The summed E-state index contributed by atoms with van der Waals surface area (Å²) in [4.78, 5) is 15.6. The van der Waals surface area contributed by atoms with Gasteiger partial charge in [-0.15, -0.1) is 11.3 Å². The van der Waals surface area contributed by atoms with Crippen LogP contribution in [0.5, 0.6) is 0 Å². The second kappa shape index (κ2) is 8.43. The topological polar surface area (TPSA) is 42.1 Å². The van der Waals surface area contributed by atoms with E-state index in [0.29, 0.717) is 13.0 Å². The predicted octanol–water partition coefficient (Wildman–Crippen LogP) is 4.17. The van der Waals surface area contributed by atoms with Gasteiger partial charge in [0.2, 0.25) is 0 Å². The second-order valence-corrected chi connectivity index (χ2v) is 6.15. The first-order valence-electron chi connectivity index (χ1n) is 6.47. The summed E-state index contributed by atoms with van der Waals surface area (Å²) in [5.74, 6) is -0.154. The van der Waals surface area contributed by atoms with Crippen molar-refractivity contribution in [1.82, 2.24) is 4.98 Å². The van der Waals surface area contributed by atoms with Crippen molar-refractivity contribution in [2.75, 3.05) is 6.61 Å². The fraction of sp³-hybridized carbons (Fsp3) is 0.692. The summed E-state index contributed by atoms with van der Waals surface area (Å²) in [5, 5.41) is 0. The summed E-state index contributed by atoms with van der Waals surface area (Å²) in [6, 6.07) is 0. The molecule has 0 bridgehead atoms. The standard InChI is InChI=1S/C13H21NO2S2/c1-3-4-5-6-7-8-16-12(15)9-11-10(2)14-13(17)18-11/h3-9H2,1-2H3,(H,14,17). The maximum atomic E-state index is 11.6. The number of aromatic nitrogens is 1. The zero-order valence-corrected chi connectivity index (χ0v) is 12.7. The molecular formula is C13H21NO2S2. The molecule has 0 aliphatic heterocycles. The lowest BCUT2D eigenvalue weighted by atomic mass is 10.2. The Morgan fingerprint density at radius 2 is 2.06 bits per heavy atom. The Kier molecular flexibility index (Phi) is 7.20. The van der Waals surface area contributed by atoms with E-state index in [4.69, 9.17) is 17.0 Å². The van der Waals surface area contributed by atoms with Gasteiger partial charge in [-0.1, -0.05) is 32.6 Å². The number of hydrogen-bond acceptors (Lipinski definition) is 4. The zero-order chi connectivity index (χ0) is 13.4. The van der Waals surface area contributed by atoms with E-state index < -0.39 is 0 Å².